The van der Waals surface area contributed by atoms with Gasteiger partial charge in [0, 0.05) is 0 Å². The molecule has 0 fully saturated rings. The highest BCUT2D eigenvalue weighted by molar-refractivity contribution is 7.86. The smallest absolute Gasteiger partial charge is 0.0659 e. The van der Waals surface area contributed by atoms with Gasteiger partial charge in [0.2, 0.25) is 0 Å². The molecule has 0 aliphatic rings. The van der Waals surface area contributed by atoms with Crippen molar-refractivity contribution in [1.82, 2.24) is 0 Å². The first-order valence-corrected chi connectivity index (χ1v) is 8.84. The van der Waals surface area contributed by atoms with Gasteiger partial charge in [0.25, 0.3) is 0 Å². The lowest BCUT2D eigenvalue weighted by Gasteiger charge is -2.51. The van der Waals surface area contributed by atoms with Crippen molar-refractivity contribution in [2.45, 2.75) is 65.2 Å². The molecule has 1 aromatic rings. The Morgan fingerprint density at radius 3 is 1.89 bits per heavy atom. The molecule has 0 amide bonds. The predicted molar refractivity (Wildman–Crippen MR) is 87.2 cm³/mol. The number of benzene rings is 1. The summed E-state index contributed by atoms with van der Waals surface area (Å²) in [5, 5.41) is 1.94. The molecule has 0 N–H and O–H groups in total. The van der Waals surface area contributed by atoms with Crippen molar-refractivity contribution >= 4 is 12.6 Å². The Morgan fingerprint density at radius 1 is 1.00 bits per heavy atom. The summed E-state index contributed by atoms with van der Waals surface area (Å²) in [6.45, 7) is 21.1. The van der Waals surface area contributed by atoms with Gasteiger partial charge in [-0.1, -0.05) is 26.3 Å². The van der Waals surface area contributed by atoms with Crippen LogP contribution >= 0.6 is 7.26 Å². The molecule has 1 aromatic carbocycles. The van der Waals surface area contributed by atoms with Crippen molar-refractivity contribution < 1.29 is 0 Å². The SMILES string of the molecule is [CH2-][P+](c1cccc(CC)c1)(C(C)(C)C)C(C)(C)C. The standard InChI is InChI=1S/C17H29P/c1-9-14-11-10-12-15(13-14)18(8,16(2,3)4)17(5,6)7/h10-13H,8-9H2,1-7H3. The number of rotatable bonds is 2. The summed E-state index contributed by atoms with van der Waals surface area (Å²) in [5.74, 6) is 0. The Kier molecular flexibility index (Phi) is 4.34. The Hall–Kier alpha value is -0.350. The second-order valence-electron chi connectivity index (χ2n) is 7.17. The minimum Gasteiger partial charge on any atom is -0.174 e. The highest BCUT2D eigenvalue weighted by Gasteiger charge is 2.49. The van der Waals surface area contributed by atoms with Crippen molar-refractivity contribution in [2.75, 3.05) is 0 Å². The van der Waals surface area contributed by atoms with Crippen LogP contribution in [0.15, 0.2) is 24.3 Å². The molecular formula is C17H29P. The lowest BCUT2D eigenvalue weighted by atomic mass is 10.2. The molecular weight excluding hydrogens is 235 g/mol. The summed E-state index contributed by atoms with van der Waals surface area (Å²) in [6, 6.07) is 9.10. The van der Waals surface area contributed by atoms with Crippen molar-refractivity contribution in [1.29, 1.82) is 0 Å². The van der Waals surface area contributed by atoms with Crippen LogP contribution in [0.25, 0.3) is 0 Å². The van der Waals surface area contributed by atoms with Gasteiger partial charge in [-0.15, -0.1) is 0 Å². The molecule has 0 bridgehead atoms. The molecule has 0 atom stereocenters. The number of aryl methyl sites for hydroxylation is 1. The number of hydrogen-bond donors (Lipinski definition) is 0. The van der Waals surface area contributed by atoms with Gasteiger partial charge in [-0.25, -0.2) is 0 Å². The molecule has 0 aromatic heterocycles. The summed E-state index contributed by atoms with van der Waals surface area (Å²) in [7, 11) is -1.48. The second-order valence-corrected chi connectivity index (χ2v) is 12.0. The van der Waals surface area contributed by atoms with Crippen LogP contribution in [0.5, 0.6) is 0 Å². The Balaban J connectivity index is 3.45. The molecule has 0 unspecified atom stereocenters. The minimum atomic E-state index is -1.48. The first-order valence-electron chi connectivity index (χ1n) is 6.87. The van der Waals surface area contributed by atoms with Crippen LogP contribution < -0.4 is 5.30 Å². The van der Waals surface area contributed by atoms with E-state index in [2.05, 4.69) is 72.7 Å². The lowest BCUT2D eigenvalue weighted by molar-refractivity contribution is 0.702. The maximum absolute atomic E-state index is 4.77. The van der Waals surface area contributed by atoms with E-state index in [1.807, 2.05) is 0 Å². The van der Waals surface area contributed by atoms with Crippen LogP contribution in [0.1, 0.15) is 54.0 Å². The zero-order valence-corrected chi connectivity index (χ0v) is 14.1. The van der Waals surface area contributed by atoms with Crippen LogP contribution in [0.2, 0.25) is 0 Å². The molecule has 0 heterocycles. The van der Waals surface area contributed by atoms with Crippen LogP contribution in [0, 0.1) is 6.66 Å². The maximum Gasteiger partial charge on any atom is 0.0659 e. The van der Waals surface area contributed by atoms with Crippen molar-refractivity contribution in [2.24, 2.45) is 0 Å². The van der Waals surface area contributed by atoms with Gasteiger partial charge in [0.05, 0.1) is 15.6 Å². The van der Waals surface area contributed by atoms with E-state index in [0.717, 1.165) is 6.42 Å². The normalized spacial score (nSPS) is 13.8. The summed E-state index contributed by atoms with van der Waals surface area (Å²) in [4.78, 5) is 0. The van der Waals surface area contributed by atoms with Crippen molar-refractivity contribution in [3.8, 4) is 0 Å². The third-order valence-corrected chi connectivity index (χ3v) is 9.79. The zero-order chi connectivity index (χ0) is 14.2. The highest BCUT2D eigenvalue weighted by Crippen LogP contribution is 2.74. The fourth-order valence-electron chi connectivity index (χ4n) is 2.79. The Labute approximate surface area is 115 Å². The Morgan fingerprint density at radius 2 is 1.50 bits per heavy atom. The van der Waals surface area contributed by atoms with Gasteiger partial charge in [-0.2, -0.15) is 6.66 Å². The summed E-state index contributed by atoms with van der Waals surface area (Å²) in [5.41, 5.74) is 1.43. The number of hydrogen-bond acceptors (Lipinski definition) is 0. The maximum atomic E-state index is 4.77. The van der Waals surface area contributed by atoms with Gasteiger partial charge in [-0.3, -0.25) is 0 Å². The summed E-state index contributed by atoms with van der Waals surface area (Å²) in [6.07, 6.45) is 1.10. The largest absolute Gasteiger partial charge is 0.174 e. The van der Waals surface area contributed by atoms with E-state index in [-0.39, 0.29) is 10.3 Å². The molecule has 0 saturated carbocycles. The lowest BCUT2D eigenvalue weighted by Crippen LogP contribution is -2.38. The van der Waals surface area contributed by atoms with E-state index in [0.29, 0.717) is 0 Å². The monoisotopic (exact) mass is 264 g/mol. The average molecular weight is 264 g/mol. The first kappa shape index (κ1) is 15.7. The fraction of sp³-hybridized carbons (Fsp3) is 0.588. The molecule has 1 heteroatoms. The molecule has 1 rings (SSSR count). The van der Waals surface area contributed by atoms with E-state index >= 15 is 0 Å². The third kappa shape index (κ3) is 2.64. The van der Waals surface area contributed by atoms with Crippen LogP contribution in [0.3, 0.4) is 0 Å². The summed E-state index contributed by atoms with van der Waals surface area (Å²) < 4.78 is 0. The van der Waals surface area contributed by atoms with Crippen LogP contribution in [-0.2, 0) is 6.42 Å². The van der Waals surface area contributed by atoms with Crippen molar-refractivity contribution in [3.05, 3.63) is 36.5 Å². The highest BCUT2D eigenvalue weighted by atomic mass is 31.2. The average Bonchev–Trinajstić information content (AvgIpc) is 2.25. The quantitative estimate of drug-likeness (QED) is 0.503. The first-order chi connectivity index (χ1) is 8.04. The molecule has 0 saturated heterocycles. The van der Waals surface area contributed by atoms with Gasteiger partial charge in [-0.05, 0) is 65.7 Å². The predicted octanol–water partition coefficient (Wildman–Crippen LogP) is 5.28. The summed E-state index contributed by atoms with van der Waals surface area (Å²) >= 11 is 0. The van der Waals surface area contributed by atoms with Crippen LogP contribution in [0.4, 0.5) is 0 Å². The molecule has 0 radical (unpaired) electrons. The van der Waals surface area contributed by atoms with Gasteiger partial charge in [0.1, 0.15) is 0 Å². The van der Waals surface area contributed by atoms with E-state index in [1.54, 1.807) is 0 Å². The van der Waals surface area contributed by atoms with Gasteiger partial charge >= 0.3 is 0 Å². The third-order valence-electron chi connectivity index (χ3n) is 4.05. The second kappa shape index (κ2) is 4.97. The van der Waals surface area contributed by atoms with Crippen LogP contribution in [-0.4, -0.2) is 10.3 Å². The van der Waals surface area contributed by atoms with E-state index < -0.39 is 7.26 Å². The Bertz CT molecular complexity index is 390. The zero-order valence-electron chi connectivity index (χ0n) is 13.2. The van der Waals surface area contributed by atoms with Gasteiger partial charge < -0.3 is 0 Å². The van der Waals surface area contributed by atoms with E-state index in [1.165, 1.54) is 10.9 Å². The van der Waals surface area contributed by atoms with Crippen molar-refractivity contribution in [3.63, 3.8) is 0 Å². The topological polar surface area (TPSA) is 0 Å². The van der Waals surface area contributed by atoms with E-state index in [9.17, 15) is 0 Å². The molecule has 0 aliphatic carbocycles. The van der Waals surface area contributed by atoms with Gasteiger partial charge in [0.15, 0.2) is 0 Å². The molecule has 0 nitrogen and oxygen atoms in total. The van der Waals surface area contributed by atoms with E-state index in [4.69, 9.17) is 6.66 Å². The minimum absolute atomic E-state index is 0.234. The molecule has 102 valence electrons. The molecule has 0 spiro atoms. The molecule has 0 aliphatic heterocycles. The fourth-order valence-corrected chi connectivity index (χ4v) is 7.08. The molecule has 18 heavy (non-hydrogen) atoms.